The molecule has 0 aliphatic heterocycles. The first kappa shape index (κ1) is 15.7. The molecule has 2 atom stereocenters. The van der Waals surface area contributed by atoms with Crippen LogP contribution in [0.5, 0.6) is 0 Å². The van der Waals surface area contributed by atoms with Crippen molar-refractivity contribution in [1.29, 1.82) is 0 Å². The Balaban J connectivity index is 2.86. The van der Waals surface area contributed by atoms with E-state index in [1.54, 1.807) is 12.1 Å². The molecule has 2 unspecified atom stereocenters. The molecular weight excluding hydrogens is 264 g/mol. The van der Waals surface area contributed by atoms with E-state index >= 15 is 0 Å². The molecule has 19 heavy (non-hydrogen) atoms. The number of benzene rings is 1. The molecule has 1 aromatic rings. The molecule has 1 rings (SSSR count). The van der Waals surface area contributed by atoms with E-state index < -0.39 is 15.9 Å². The number of anilines is 1. The van der Waals surface area contributed by atoms with Crippen LogP contribution in [0.4, 0.5) is 5.69 Å². The largest absolute Gasteiger partial charge is 0.325 e. The smallest absolute Gasteiger partial charge is 0.241 e. The van der Waals surface area contributed by atoms with Crippen LogP contribution in [0.25, 0.3) is 0 Å². The van der Waals surface area contributed by atoms with Crippen LogP contribution in [0.1, 0.15) is 20.3 Å². The van der Waals surface area contributed by atoms with Gasteiger partial charge in [-0.15, -0.1) is 0 Å². The van der Waals surface area contributed by atoms with E-state index in [1.165, 1.54) is 12.1 Å². The van der Waals surface area contributed by atoms with E-state index in [1.807, 2.05) is 13.8 Å². The van der Waals surface area contributed by atoms with Crippen LogP contribution in [-0.4, -0.2) is 26.6 Å². The summed E-state index contributed by atoms with van der Waals surface area (Å²) < 4.78 is 22.8. The molecule has 6 heteroatoms. The van der Waals surface area contributed by atoms with Gasteiger partial charge in [-0.05, 0) is 24.1 Å². The normalized spacial score (nSPS) is 14.7. The van der Waals surface area contributed by atoms with Gasteiger partial charge in [-0.3, -0.25) is 4.79 Å². The van der Waals surface area contributed by atoms with Crippen LogP contribution in [0.3, 0.4) is 0 Å². The summed E-state index contributed by atoms with van der Waals surface area (Å²) in [6.07, 6.45) is 1.93. The fourth-order valence-corrected chi connectivity index (χ4v) is 2.21. The van der Waals surface area contributed by atoms with Crippen molar-refractivity contribution in [2.75, 3.05) is 11.6 Å². The molecule has 0 aromatic heterocycles. The summed E-state index contributed by atoms with van der Waals surface area (Å²) in [7, 11) is -3.28. The second-order valence-corrected chi connectivity index (χ2v) is 6.72. The number of hydrogen-bond donors (Lipinski definition) is 2. The number of carbonyl (C=O) groups excluding carboxylic acids is 1. The lowest BCUT2D eigenvalue weighted by molar-refractivity contribution is -0.118. The molecule has 0 aliphatic carbocycles. The lowest BCUT2D eigenvalue weighted by atomic mass is 9.99. The average molecular weight is 284 g/mol. The summed E-state index contributed by atoms with van der Waals surface area (Å²) in [5, 5.41) is 2.64. The summed E-state index contributed by atoms with van der Waals surface area (Å²) in [6.45, 7) is 3.86. The summed E-state index contributed by atoms with van der Waals surface area (Å²) in [5.41, 5.74) is 6.25. The molecule has 1 aromatic carbocycles. The third kappa shape index (κ3) is 4.33. The maximum atomic E-state index is 11.9. The highest BCUT2D eigenvalue weighted by atomic mass is 32.2. The molecule has 0 heterocycles. The van der Waals surface area contributed by atoms with E-state index in [0.717, 1.165) is 12.7 Å². The van der Waals surface area contributed by atoms with Crippen molar-refractivity contribution in [2.24, 2.45) is 11.7 Å². The van der Waals surface area contributed by atoms with Gasteiger partial charge in [0.1, 0.15) is 0 Å². The lowest BCUT2D eigenvalue weighted by Crippen LogP contribution is -2.40. The number of sulfone groups is 1. The minimum Gasteiger partial charge on any atom is -0.325 e. The molecular formula is C13H20N2O3S. The average Bonchev–Trinajstić information content (AvgIpc) is 2.36. The van der Waals surface area contributed by atoms with Gasteiger partial charge >= 0.3 is 0 Å². The molecule has 0 radical (unpaired) electrons. The maximum absolute atomic E-state index is 11.9. The topological polar surface area (TPSA) is 89.3 Å². The van der Waals surface area contributed by atoms with E-state index in [4.69, 9.17) is 5.73 Å². The summed E-state index contributed by atoms with van der Waals surface area (Å²) in [5.74, 6) is -0.238. The summed E-state index contributed by atoms with van der Waals surface area (Å²) in [6, 6.07) is 5.53. The molecule has 0 spiro atoms. The third-order valence-electron chi connectivity index (χ3n) is 3.09. The molecule has 0 aliphatic rings. The Hall–Kier alpha value is -1.40. The SMILES string of the molecule is CCC(C)C(N)C(=O)Nc1cccc(S(C)(=O)=O)c1. The van der Waals surface area contributed by atoms with Crippen molar-refractivity contribution < 1.29 is 13.2 Å². The number of rotatable bonds is 5. The first-order valence-electron chi connectivity index (χ1n) is 6.12. The fraction of sp³-hybridized carbons (Fsp3) is 0.462. The minimum atomic E-state index is -3.28. The third-order valence-corrected chi connectivity index (χ3v) is 4.20. The zero-order valence-corrected chi connectivity index (χ0v) is 12.2. The predicted molar refractivity (Wildman–Crippen MR) is 75.6 cm³/mol. The van der Waals surface area contributed by atoms with E-state index in [-0.39, 0.29) is 16.7 Å². The minimum absolute atomic E-state index is 0.0677. The molecule has 5 nitrogen and oxygen atoms in total. The Morgan fingerprint density at radius 1 is 1.42 bits per heavy atom. The summed E-state index contributed by atoms with van der Waals surface area (Å²) >= 11 is 0. The van der Waals surface area contributed by atoms with Gasteiger partial charge in [-0.25, -0.2) is 8.42 Å². The molecule has 0 saturated heterocycles. The van der Waals surface area contributed by atoms with Gasteiger partial charge in [0.15, 0.2) is 9.84 Å². The molecule has 0 fully saturated rings. The van der Waals surface area contributed by atoms with Crippen LogP contribution in [0, 0.1) is 5.92 Å². The Morgan fingerprint density at radius 2 is 2.05 bits per heavy atom. The standard InChI is InChI=1S/C13H20N2O3S/c1-4-9(2)12(14)13(16)15-10-6-5-7-11(8-10)19(3,17)18/h5-9,12H,4,14H2,1-3H3,(H,15,16). The number of carbonyl (C=O) groups is 1. The first-order valence-corrected chi connectivity index (χ1v) is 8.01. The highest BCUT2D eigenvalue weighted by Gasteiger charge is 2.19. The number of nitrogens with one attached hydrogen (secondary N) is 1. The molecule has 106 valence electrons. The van der Waals surface area contributed by atoms with Gasteiger partial charge < -0.3 is 11.1 Å². The van der Waals surface area contributed by atoms with Crippen LogP contribution < -0.4 is 11.1 Å². The van der Waals surface area contributed by atoms with E-state index in [2.05, 4.69) is 5.32 Å². The van der Waals surface area contributed by atoms with Gasteiger partial charge in [-0.2, -0.15) is 0 Å². The number of amides is 1. The molecule has 3 N–H and O–H groups in total. The van der Waals surface area contributed by atoms with Crippen LogP contribution in [-0.2, 0) is 14.6 Å². The fourth-order valence-electron chi connectivity index (χ4n) is 1.54. The maximum Gasteiger partial charge on any atom is 0.241 e. The zero-order valence-electron chi connectivity index (χ0n) is 11.4. The Bertz CT molecular complexity index is 555. The number of hydrogen-bond acceptors (Lipinski definition) is 4. The van der Waals surface area contributed by atoms with Crippen molar-refractivity contribution in [3.8, 4) is 0 Å². The lowest BCUT2D eigenvalue weighted by Gasteiger charge is -2.17. The van der Waals surface area contributed by atoms with Gasteiger partial charge in [0, 0.05) is 11.9 Å². The second kappa shape index (κ2) is 6.16. The molecule has 0 bridgehead atoms. The monoisotopic (exact) mass is 284 g/mol. The highest BCUT2D eigenvalue weighted by Crippen LogP contribution is 2.16. The van der Waals surface area contributed by atoms with Crippen LogP contribution in [0.15, 0.2) is 29.2 Å². The van der Waals surface area contributed by atoms with Crippen molar-refractivity contribution in [3.63, 3.8) is 0 Å². The van der Waals surface area contributed by atoms with Crippen molar-refractivity contribution >= 4 is 21.4 Å². The Labute approximate surface area is 114 Å². The second-order valence-electron chi connectivity index (χ2n) is 4.70. The molecule has 1 amide bonds. The van der Waals surface area contributed by atoms with Crippen molar-refractivity contribution in [3.05, 3.63) is 24.3 Å². The van der Waals surface area contributed by atoms with Gasteiger partial charge in [0.05, 0.1) is 10.9 Å². The van der Waals surface area contributed by atoms with Gasteiger partial charge in [0.25, 0.3) is 0 Å². The van der Waals surface area contributed by atoms with Gasteiger partial charge in [0.2, 0.25) is 5.91 Å². The van der Waals surface area contributed by atoms with Crippen LogP contribution >= 0.6 is 0 Å². The first-order chi connectivity index (χ1) is 8.75. The molecule has 0 saturated carbocycles. The van der Waals surface area contributed by atoms with Crippen LogP contribution in [0.2, 0.25) is 0 Å². The quantitative estimate of drug-likeness (QED) is 0.855. The Kier molecular flexibility index (Phi) is 5.08. The highest BCUT2D eigenvalue weighted by molar-refractivity contribution is 7.90. The van der Waals surface area contributed by atoms with Gasteiger partial charge in [-0.1, -0.05) is 26.3 Å². The zero-order chi connectivity index (χ0) is 14.6. The number of nitrogens with two attached hydrogens (primary N) is 1. The van der Waals surface area contributed by atoms with Crippen molar-refractivity contribution in [2.45, 2.75) is 31.2 Å². The van der Waals surface area contributed by atoms with Crippen molar-refractivity contribution in [1.82, 2.24) is 0 Å². The predicted octanol–water partition coefficient (Wildman–Crippen LogP) is 1.40. The van der Waals surface area contributed by atoms with E-state index in [0.29, 0.717) is 5.69 Å². The summed E-state index contributed by atoms with van der Waals surface area (Å²) in [4.78, 5) is 12.1. The Morgan fingerprint density at radius 3 is 2.58 bits per heavy atom. The van der Waals surface area contributed by atoms with E-state index in [9.17, 15) is 13.2 Å².